The Kier molecular flexibility index (Phi) is 8.81. The number of anilines is 1. The van der Waals surface area contributed by atoms with E-state index in [2.05, 4.69) is 54.8 Å². The highest BCUT2D eigenvalue weighted by atomic mass is 16.6. The number of aryl methyl sites for hydroxylation is 2. The van der Waals surface area contributed by atoms with E-state index in [4.69, 9.17) is 19.2 Å². The Balaban J connectivity index is 1.37. The summed E-state index contributed by atoms with van der Waals surface area (Å²) >= 11 is 0. The molecular weight excluding hydrogens is 578 g/mol. The number of carboxylic acids is 1. The number of hydrogen-bond donors (Lipinski definition) is 1. The summed E-state index contributed by atoms with van der Waals surface area (Å²) in [7, 11) is 0. The largest absolute Gasteiger partial charge is 0.486 e. The van der Waals surface area contributed by atoms with Crippen molar-refractivity contribution in [3.63, 3.8) is 0 Å². The maximum Gasteiger partial charge on any atom is 0.337 e. The van der Waals surface area contributed by atoms with Crippen LogP contribution in [0.2, 0.25) is 0 Å². The minimum absolute atomic E-state index is 0.248. The molecule has 3 aliphatic heterocycles. The molecule has 1 N–H and O–H groups in total. The van der Waals surface area contributed by atoms with Crippen molar-refractivity contribution >= 4 is 11.7 Å². The third kappa shape index (κ3) is 6.74. The van der Waals surface area contributed by atoms with Crippen LogP contribution in [0.3, 0.4) is 0 Å². The van der Waals surface area contributed by atoms with Gasteiger partial charge in [-0.15, -0.1) is 0 Å². The number of piperidine rings is 1. The van der Waals surface area contributed by atoms with E-state index in [0.717, 1.165) is 91.6 Å². The number of rotatable bonds is 7. The van der Waals surface area contributed by atoms with Gasteiger partial charge in [0, 0.05) is 60.8 Å². The van der Waals surface area contributed by atoms with Crippen LogP contribution < -0.4 is 14.4 Å². The number of para-hydroxylation sites is 1. The monoisotopic (exact) mass is 627 g/mol. The van der Waals surface area contributed by atoms with Crippen molar-refractivity contribution in [2.45, 2.75) is 92.5 Å². The molecule has 46 heavy (non-hydrogen) atoms. The molecule has 3 aliphatic rings. The van der Waals surface area contributed by atoms with E-state index in [1.54, 1.807) is 0 Å². The van der Waals surface area contributed by atoms with Gasteiger partial charge in [-0.25, -0.2) is 4.79 Å². The molecule has 0 spiro atoms. The normalized spacial score (nSPS) is 18.6. The zero-order valence-corrected chi connectivity index (χ0v) is 28.5. The maximum atomic E-state index is 12.8. The lowest BCUT2D eigenvalue weighted by Gasteiger charge is -2.41. The Bertz CT molecular complexity index is 1620. The topological polar surface area (TPSA) is 84.4 Å². The van der Waals surface area contributed by atoms with Crippen LogP contribution in [0.25, 0.3) is 11.1 Å². The lowest BCUT2D eigenvalue weighted by molar-refractivity contribution is -0.160. The number of aromatic nitrogens is 1. The summed E-state index contributed by atoms with van der Waals surface area (Å²) in [5.74, 6) is 0.713. The van der Waals surface area contributed by atoms with E-state index >= 15 is 0 Å². The Hall–Kier alpha value is -3.62. The van der Waals surface area contributed by atoms with Crippen molar-refractivity contribution in [3.8, 4) is 22.6 Å². The average Bonchev–Trinajstić information content (AvgIpc) is 2.99. The lowest BCUT2D eigenvalue weighted by Crippen LogP contribution is -2.39. The van der Waals surface area contributed by atoms with Gasteiger partial charge in [-0.3, -0.25) is 9.88 Å². The number of benzene rings is 2. The summed E-state index contributed by atoms with van der Waals surface area (Å²) in [5.41, 5.74) is 8.77. The Labute approximate surface area is 273 Å². The second-order valence-electron chi connectivity index (χ2n) is 14.9. The molecule has 0 amide bonds. The highest BCUT2D eigenvalue weighted by molar-refractivity contribution is 5.88. The molecular formula is C38H49N3O5. The number of pyridine rings is 1. The van der Waals surface area contributed by atoms with E-state index in [-0.39, 0.29) is 5.41 Å². The summed E-state index contributed by atoms with van der Waals surface area (Å²) < 4.78 is 18.1. The molecule has 0 unspecified atom stereocenters. The van der Waals surface area contributed by atoms with Gasteiger partial charge in [0.15, 0.2) is 17.6 Å². The van der Waals surface area contributed by atoms with Gasteiger partial charge in [0.2, 0.25) is 0 Å². The van der Waals surface area contributed by atoms with Crippen LogP contribution in [0.5, 0.6) is 11.5 Å². The van der Waals surface area contributed by atoms with Crippen LogP contribution in [0, 0.1) is 19.3 Å². The fourth-order valence-corrected chi connectivity index (χ4v) is 7.16. The second-order valence-corrected chi connectivity index (χ2v) is 14.9. The van der Waals surface area contributed by atoms with Crippen LogP contribution in [0.1, 0.15) is 87.2 Å². The molecule has 0 aliphatic carbocycles. The quantitative estimate of drug-likeness (QED) is 0.293. The van der Waals surface area contributed by atoms with Crippen LogP contribution in [-0.4, -0.2) is 59.4 Å². The van der Waals surface area contributed by atoms with Crippen molar-refractivity contribution in [1.82, 2.24) is 9.88 Å². The zero-order valence-electron chi connectivity index (χ0n) is 28.5. The van der Waals surface area contributed by atoms with E-state index in [1.807, 2.05) is 39.8 Å². The smallest absolute Gasteiger partial charge is 0.337 e. The minimum Gasteiger partial charge on any atom is -0.486 e. The van der Waals surface area contributed by atoms with Crippen LogP contribution in [-0.2, 0) is 29.0 Å². The first-order valence-electron chi connectivity index (χ1n) is 16.7. The van der Waals surface area contributed by atoms with Crippen molar-refractivity contribution < 1.29 is 24.1 Å². The van der Waals surface area contributed by atoms with Crippen LogP contribution in [0.15, 0.2) is 36.4 Å². The molecule has 1 saturated heterocycles. The summed E-state index contributed by atoms with van der Waals surface area (Å²) in [4.78, 5) is 22.7. The average molecular weight is 628 g/mol. The van der Waals surface area contributed by atoms with Crippen LogP contribution >= 0.6 is 0 Å². The highest BCUT2D eigenvalue weighted by Gasteiger charge is 2.36. The van der Waals surface area contributed by atoms with E-state index in [9.17, 15) is 9.90 Å². The Morgan fingerprint density at radius 3 is 2.48 bits per heavy atom. The van der Waals surface area contributed by atoms with Gasteiger partial charge in [0.1, 0.15) is 13.2 Å². The second kappa shape index (κ2) is 12.5. The van der Waals surface area contributed by atoms with Crippen molar-refractivity contribution in [1.29, 1.82) is 0 Å². The molecule has 3 aromatic rings. The van der Waals surface area contributed by atoms with Crippen molar-refractivity contribution in [2.75, 3.05) is 37.7 Å². The van der Waals surface area contributed by atoms with Crippen LogP contribution in [0.4, 0.5) is 5.69 Å². The molecule has 246 valence electrons. The van der Waals surface area contributed by atoms with Crippen molar-refractivity contribution in [2.24, 2.45) is 5.41 Å². The molecule has 0 saturated carbocycles. The number of ether oxygens (including phenoxy) is 3. The lowest BCUT2D eigenvalue weighted by atomic mass is 9.81. The van der Waals surface area contributed by atoms with Gasteiger partial charge in [0.05, 0.1) is 11.3 Å². The van der Waals surface area contributed by atoms with E-state index < -0.39 is 17.7 Å². The molecule has 1 aromatic heterocycles. The van der Waals surface area contributed by atoms with Gasteiger partial charge >= 0.3 is 5.97 Å². The van der Waals surface area contributed by atoms with Gasteiger partial charge in [0.25, 0.3) is 0 Å². The molecule has 8 heteroatoms. The molecule has 2 aromatic carbocycles. The van der Waals surface area contributed by atoms with E-state index in [0.29, 0.717) is 24.5 Å². The first-order valence-corrected chi connectivity index (χ1v) is 16.7. The summed E-state index contributed by atoms with van der Waals surface area (Å²) in [6.45, 7) is 19.8. The van der Waals surface area contributed by atoms with Gasteiger partial charge < -0.3 is 24.2 Å². The molecule has 0 radical (unpaired) electrons. The number of nitrogens with zero attached hydrogens (tertiary/aromatic N) is 3. The fraction of sp³-hybridized carbons (Fsp3) is 0.526. The Morgan fingerprint density at radius 1 is 1.02 bits per heavy atom. The van der Waals surface area contributed by atoms with Crippen molar-refractivity contribution in [3.05, 3.63) is 70.0 Å². The molecule has 6 rings (SSSR count). The van der Waals surface area contributed by atoms with Gasteiger partial charge in [-0.2, -0.15) is 0 Å². The van der Waals surface area contributed by atoms with Gasteiger partial charge in [-0.1, -0.05) is 44.2 Å². The third-order valence-corrected chi connectivity index (χ3v) is 9.60. The number of hydrogen-bond acceptors (Lipinski definition) is 7. The summed E-state index contributed by atoms with van der Waals surface area (Å²) in [6.07, 6.45) is 1.87. The summed E-state index contributed by atoms with van der Waals surface area (Å²) in [5, 5.41) is 10.5. The first-order chi connectivity index (χ1) is 21.8. The molecule has 0 bridgehead atoms. The highest BCUT2D eigenvalue weighted by Crippen LogP contribution is 2.45. The summed E-state index contributed by atoms with van der Waals surface area (Å²) in [6, 6.07) is 12.9. The Morgan fingerprint density at radius 2 is 1.76 bits per heavy atom. The number of carboxylic acid groups (broad SMARTS) is 1. The minimum atomic E-state index is -1.12. The maximum absolute atomic E-state index is 12.8. The first kappa shape index (κ1) is 32.3. The predicted octanol–water partition coefficient (Wildman–Crippen LogP) is 7.26. The molecule has 1 fully saturated rings. The van der Waals surface area contributed by atoms with E-state index in [1.165, 1.54) is 11.1 Å². The molecule has 1 atom stereocenters. The third-order valence-electron chi connectivity index (χ3n) is 9.60. The predicted molar refractivity (Wildman–Crippen MR) is 181 cm³/mol. The number of fused-ring (bicyclic) bond motifs is 2. The van der Waals surface area contributed by atoms with Gasteiger partial charge in [-0.05, 0) is 82.1 Å². The molecule has 4 heterocycles. The SMILES string of the molecule is Cc1nc(C)c([C@H](OC(C)(C)C)C(=O)O)c(N2CCC(C)(C)CC2)c1-c1ccc2c(c1)CCN(Cc1cccc3c1OCCO3)C2. The standard InChI is InChI=1S/C38H49N3O5/c1-24-31(33(41-17-14-38(6,7)15-18-41)32(25(2)39-24)35(36(42)43)46-37(3,4)5)27-11-12-28-22-40(16-13-26(28)21-27)23-29-9-8-10-30-34(29)45-20-19-44-30/h8-12,21,35H,13-20,22-23H2,1-7H3,(H,42,43)/t35-/m0/s1. The molecule has 8 nitrogen and oxygen atoms in total. The fourth-order valence-electron chi connectivity index (χ4n) is 7.16. The number of carbonyl (C=O) groups is 1. The number of aliphatic carboxylic acids is 1. The zero-order chi connectivity index (χ0) is 32.8.